The molecule has 17 atom stereocenters. The molecule has 546 valence electrons. The van der Waals surface area contributed by atoms with Crippen LogP contribution in [0.25, 0.3) is 0 Å². The van der Waals surface area contributed by atoms with Crippen LogP contribution in [0.15, 0.2) is 146 Å². The van der Waals surface area contributed by atoms with Crippen molar-refractivity contribution < 1.29 is 89.4 Å². The molecule has 3 aliphatic rings. The molecule has 0 saturated carbocycles. The highest BCUT2D eigenvalue weighted by Gasteiger charge is 2.53. The van der Waals surface area contributed by atoms with Gasteiger partial charge in [0.05, 0.1) is 38.6 Å². The Hall–Kier alpha value is -4.33. The van der Waals surface area contributed by atoms with Crippen LogP contribution in [0.5, 0.6) is 0 Å². The van der Waals surface area contributed by atoms with Crippen LogP contribution < -0.4 is 5.32 Å². The van der Waals surface area contributed by atoms with Gasteiger partial charge in [-0.25, -0.2) is 0 Å². The maximum absolute atomic E-state index is 13.4. The van der Waals surface area contributed by atoms with Crippen molar-refractivity contribution in [2.75, 3.05) is 26.4 Å². The summed E-state index contributed by atoms with van der Waals surface area (Å²) in [6.45, 7) is 1.54. The van der Waals surface area contributed by atoms with E-state index in [0.717, 1.165) is 128 Å². The van der Waals surface area contributed by atoms with Crippen molar-refractivity contribution in [1.29, 1.82) is 0 Å². The minimum Gasteiger partial charge on any atom is -0.394 e. The quantitative estimate of drug-likeness (QED) is 0.0199. The van der Waals surface area contributed by atoms with E-state index < -0.39 is 124 Å². The third-order valence-electron chi connectivity index (χ3n) is 16.9. The Morgan fingerprint density at radius 1 is 0.385 bits per heavy atom. The molecule has 3 fully saturated rings. The molecule has 0 radical (unpaired) electrons. The zero-order valence-electron chi connectivity index (χ0n) is 57.8. The summed E-state index contributed by atoms with van der Waals surface area (Å²) in [5.74, 6) is -0.302. The smallest absolute Gasteiger partial charge is 0.220 e. The van der Waals surface area contributed by atoms with E-state index in [1.54, 1.807) is 6.08 Å². The topological polar surface area (TPSA) is 307 Å². The highest BCUT2D eigenvalue weighted by atomic mass is 16.8. The van der Waals surface area contributed by atoms with Gasteiger partial charge in [0.15, 0.2) is 18.9 Å². The number of carbonyl (C=O) groups excluding carboxylic acids is 1. The van der Waals surface area contributed by atoms with Gasteiger partial charge in [0.2, 0.25) is 5.91 Å². The molecule has 19 heteroatoms. The Morgan fingerprint density at radius 3 is 1.17 bits per heavy atom. The molecular formula is C77H125NO18. The first kappa shape index (κ1) is 85.9. The molecule has 1 amide bonds. The van der Waals surface area contributed by atoms with Crippen molar-refractivity contribution in [3.8, 4) is 0 Å². The van der Waals surface area contributed by atoms with E-state index >= 15 is 0 Å². The first-order valence-electron chi connectivity index (χ1n) is 36.1. The molecule has 0 aromatic heterocycles. The monoisotopic (exact) mass is 1350 g/mol. The van der Waals surface area contributed by atoms with Crippen molar-refractivity contribution in [1.82, 2.24) is 5.32 Å². The van der Waals surface area contributed by atoms with Crippen LogP contribution in [0, 0.1) is 0 Å². The number of ether oxygens (including phenoxy) is 6. The molecule has 3 rings (SSSR count). The van der Waals surface area contributed by atoms with Crippen molar-refractivity contribution >= 4 is 5.91 Å². The largest absolute Gasteiger partial charge is 0.394 e. The summed E-state index contributed by atoms with van der Waals surface area (Å²) in [5.41, 5.74) is 0. The van der Waals surface area contributed by atoms with E-state index in [2.05, 4.69) is 153 Å². The lowest BCUT2D eigenvalue weighted by atomic mass is 9.96. The molecule has 3 aliphatic heterocycles. The summed E-state index contributed by atoms with van der Waals surface area (Å²) in [6, 6.07) is -1.00. The summed E-state index contributed by atoms with van der Waals surface area (Å²) >= 11 is 0. The van der Waals surface area contributed by atoms with Gasteiger partial charge in [-0.15, -0.1) is 0 Å². The predicted molar refractivity (Wildman–Crippen MR) is 378 cm³/mol. The van der Waals surface area contributed by atoms with Gasteiger partial charge in [-0.1, -0.05) is 230 Å². The van der Waals surface area contributed by atoms with Crippen LogP contribution in [0.3, 0.4) is 0 Å². The lowest BCUT2D eigenvalue weighted by Gasteiger charge is -2.48. The summed E-state index contributed by atoms with van der Waals surface area (Å²) in [6.07, 6.45) is 54.1. The fourth-order valence-electron chi connectivity index (χ4n) is 11.1. The maximum atomic E-state index is 13.4. The lowest BCUT2D eigenvalue weighted by Crippen LogP contribution is -2.66. The third kappa shape index (κ3) is 37.2. The molecule has 0 aromatic carbocycles. The normalized spacial score (nSPS) is 27.9. The van der Waals surface area contributed by atoms with Gasteiger partial charge >= 0.3 is 0 Å². The van der Waals surface area contributed by atoms with Crippen LogP contribution in [0.2, 0.25) is 0 Å². The fourth-order valence-corrected chi connectivity index (χ4v) is 11.1. The first-order valence-corrected chi connectivity index (χ1v) is 36.1. The van der Waals surface area contributed by atoms with Gasteiger partial charge in [-0.05, 0) is 109 Å². The van der Waals surface area contributed by atoms with Crippen LogP contribution in [0.1, 0.15) is 200 Å². The van der Waals surface area contributed by atoms with Gasteiger partial charge in [0, 0.05) is 6.42 Å². The number of aliphatic hydroxyl groups excluding tert-OH is 11. The molecule has 3 heterocycles. The number of rotatable bonds is 53. The van der Waals surface area contributed by atoms with Gasteiger partial charge in [-0.3, -0.25) is 4.79 Å². The van der Waals surface area contributed by atoms with E-state index in [0.29, 0.717) is 12.8 Å². The zero-order valence-corrected chi connectivity index (χ0v) is 57.8. The Morgan fingerprint density at radius 2 is 0.729 bits per heavy atom. The molecule has 17 unspecified atom stereocenters. The van der Waals surface area contributed by atoms with Crippen LogP contribution in [-0.4, -0.2) is 193 Å². The zero-order chi connectivity index (χ0) is 69.6. The molecule has 0 aliphatic carbocycles. The Balaban J connectivity index is 1.34. The summed E-state index contributed by atoms with van der Waals surface area (Å²) in [7, 11) is 0. The lowest BCUT2D eigenvalue weighted by molar-refractivity contribution is -0.379. The van der Waals surface area contributed by atoms with Crippen LogP contribution >= 0.6 is 0 Å². The first-order chi connectivity index (χ1) is 46.8. The van der Waals surface area contributed by atoms with E-state index in [9.17, 15) is 61.0 Å². The second kappa shape index (κ2) is 56.4. The molecule has 12 N–H and O–H groups in total. The average molecular weight is 1350 g/mol. The van der Waals surface area contributed by atoms with E-state index in [1.807, 2.05) is 6.08 Å². The van der Waals surface area contributed by atoms with Gasteiger partial charge in [-0.2, -0.15) is 0 Å². The predicted octanol–water partition coefficient (Wildman–Crippen LogP) is 10.3. The number of hydrogen-bond acceptors (Lipinski definition) is 18. The number of unbranched alkanes of at least 4 members (excludes halogenated alkanes) is 15. The number of aliphatic hydroxyl groups is 11. The molecular weight excluding hydrogens is 1230 g/mol. The highest BCUT2D eigenvalue weighted by Crippen LogP contribution is 2.33. The molecule has 0 aromatic rings. The molecule has 3 saturated heterocycles. The van der Waals surface area contributed by atoms with E-state index in [4.69, 9.17) is 28.4 Å². The van der Waals surface area contributed by atoms with Gasteiger partial charge < -0.3 is 89.9 Å². The minimum atomic E-state index is -1.99. The Kier molecular flexibility index (Phi) is 50.5. The second-order valence-corrected chi connectivity index (χ2v) is 25.0. The summed E-state index contributed by atoms with van der Waals surface area (Å²) in [5, 5.41) is 120. The SMILES string of the molecule is CC/C=C\C/C=C\C/C=C\C/C=C\C/C=C\C/C=C\C/C=C\C/C=C\C/C=C\C/C=C\CCCCCCCCCCC(=O)NC(COC1OC(CO)C(OC2OC(CO)C(OC3OC(CO)C(O)C(O)C3O)C(O)C2O)C(O)C1O)C(O)/C=C/CC/C=C/CCCCCCCC. The average Bonchev–Trinajstić information content (AvgIpc) is 0.787. The molecule has 19 nitrogen and oxygen atoms in total. The van der Waals surface area contributed by atoms with Gasteiger partial charge in [0.25, 0.3) is 0 Å². The van der Waals surface area contributed by atoms with Crippen molar-refractivity contribution in [2.24, 2.45) is 0 Å². The number of carbonyl (C=O) groups is 1. The van der Waals surface area contributed by atoms with Crippen LogP contribution in [0.4, 0.5) is 0 Å². The number of amides is 1. The van der Waals surface area contributed by atoms with E-state index in [1.165, 1.54) is 38.5 Å². The third-order valence-corrected chi connectivity index (χ3v) is 16.9. The van der Waals surface area contributed by atoms with E-state index in [-0.39, 0.29) is 18.9 Å². The Labute approximate surface area is 574 Å². The highest BCUT2D eigenvalue weighted by molar-refractivity contribution is 5.76. The second-order valence-electron chi connectivity index (χ2n) is 25.0. The standard InChI is InChI=1S/C77H125NO18/c1-3-5-7-9-11-13-15-17-18-19-20-21-22-23-24-25-26-27-28-29-30-31-32-33-34-35-36-37-38-39-40-41-42-43-45-47-49-51-53-55-65(83)78-60(61(82)54-52-50-48-46-44-16-14-12-10-8-6-4-2)59-91-75-71(89)68(86)73(63(57-80)93-75)96-77-72(90)69(87)74(64(58-81)94-77)95-76-70(88)67(85)66(84)62(56-79)92-76/h5,7,11,13,17-18,20-21,23-24,26-27,29-30,32-33,35-36,38-39,44,46,52,54,60-64,66-77,79-82,84-90H,3-4,6,8-10,12,14-16,19,22,25,28,31,34,37,40-43,45,47-51,53,55-59H2,1-2H3,(H,78,83)/b7-5-,13-11-,18-17-,21-20-,24-23-,27-26-,30-29-,33-32-,36-35-,39-38-,46-44+,54-52+. The molecule has 96 heavy (non-hydrogen) atoms. The maximum Gasteiger partial charge on any atom is 0.220 e. The number of allylic oxidation sites excluding steroid dienone is 23. The number of hydrogen-bond donors (Lipinski definition) is 12. The van der Waals surface area contributed by atoms with Gasteiger partial charge in [0.1, 0.15) is 73.2 Å². The number of nitrogens with one attached hydrogen (secondary N) is 1. The fraction of sp³-hybridized carbons (Fsp3) is 0.675. The van der Waals surface area contributed by atoms with Crippen molar-refractivity contribution in [3.05, 3.63) is 146 Å². The minimum absolute atomic E-state index is 0.216. The van der Waals surface area contributed by atoms with Crippen molar-refractivity contribution in [2.45, 2.75) is 304 Å². The summed E-state index contributed by atoms with van der Waals surface area (Å²) < 4.78 is 34.3. The summed E-state index contributed by atoms with van der Waals surface area (Å²) in [4.78, 5) is 13.4. The molecule has 0 spiro atoms. The van der Waals surface area contributed by atoms with Crippen LogP contribution in [-0.2, 0) is 33.2 Å². The molecule has 0 bridgehead atoms. The van der Waals surface area contributed by atoms with Crippen molar-refractivity contribution in [3.63, 3.8) is 0 Å². The Bertz CT molecular complexity index is 2310.